The number of halogens is 1. The van der Waals surface area contributed by atoms with E-state index < -0.39 is 0 Å². The summed E-state index contributed by atoms with van der Waals surface area (Å²) in [5.41, 5.74) is 2.09. The van der Waals surface area contributed by atoms with Crippen molar-refractivity contribution in [2.75, 3.05) is 25.5 Å². The molecule has 0 saturated carbocycles. The smallest absolute Gasteiger partial charge is 0.157 e. The molecule has 0 spiro atoms. The minimum atomic E-state index is 0.322. The number of rotatable bonds is 2. The molecule has 0 aliphatic carbocycles. The van der Waals surface area contributed by atoms with Crippen molar-refractivity contribution in [3.05, 3.63) is 29.3 Å². The molecule has 1 aliphatic heterocycles. The minimum Gasteiger partial charge on any atom is -0.376 e. The molecule has 96 valence electrons. The molecule has 5 heteroatoms. The summed E-state index contributed by atoms with van der Waals surface area (Å²) >= 11 is 6.32. The highest BCUT2D eigenvalue weighted by molar-refractivity contribution is 6.33. The van der Waals surface area contributed by atoms with Crippen molar-refractivity contribution in [3.63, 3.8) is 0 Å². The highest BCUT2D eigenvalue weighted by Crippen LogP contribution is 2.31. The molecule has 0 radical (unpaired) electrons. The highest BCUT2D eigenvalue weighted by Gasteiger charge is 2.23. The predicted molar refractivity (Wildman–Crippen MR) is 74.5 cm³/mol. The van der Waals surface area contributed by atoms with E-state index in [0.29, 0.717) is 11.2 Å². The average molecular weight is 265 g/mol. The standard InChI is InChI=1S/C13H17ClN4/c1-17(2)10-6-4-8-18-11(10)12(14)16-13(18)9-5-3-7-15-9/h4,6,8-9,15H,3,5,7H2,1-2H3. The zero-order valence-corrected chi connectivity index (χ0v) is 11.4. The van der Waals surface area contributed by atoms with Crippen LogP contribution in [-0.2, 0) is 0 Å². The van der Waals surface area contributed by atoms with Gasteiger partial charge in [0.05, 0.1) is 11.7 Å². The van der Waals surface area contributed by atoms with Crippen LogP contribution in [0, 0.1) is 0 Å². The average Bonchev–Trinajstić information content (AvgIpc) is 2.97. The van der Waals surface area contributed by atoms with E-state index >= 15 is 0 Å². The lowest BCUT2D eigenvalue weighted by Crippen LogP contribution is -2.16. The van der Waals surface area contributed by atoms with Gasteiger partial charge >= 0.3 is 0 Å². The lowest BCUT2D eigenvalue weighted by atomic mass is 10.2. The third-order valence-electron chi connectivity index (χ3n) is 3.48. The molecule has 2 aromatic rings. The Balaban J connectivity index is 2.20. The van der Waals surface area contributed by atoms with E-state index in [1.807, 2.05) is 26.4 Å². The number of anilines is 1. The van der Waals surface area contributed by atoms with Crippen LogP contribution in [0.15, 0.2) is 18.3 Å². The number of aromatic nitrogens is 2. The van der Waals surface area contributed by atoms with Crippen molar-refractivity contribution in [2.45, 2.75) is 18.9 Å². The maximum Gasteiger partial charge on any atom is 0.157 e. The first kappa shape index (κ1) is 11.8. The normalized spacial score (nSPS) is 19.6. The zero-order chi connectivity index (χ0) is 12.7. The van der Waals surface area contributed by atoms with E-state index in [0.717, 1.165) is 30.0 Å². The quantitative estimate of drug-likeness (QED) is 0.905. The molecule has 1 fully saturated rings. The topological polar surface area (TPSA) is 32.6 Å². The number of hydrogen-bond donors (Lipinski definition) is 1. The number of nitrogens with zero attached hydrogens (tertiary/aromatic N) is 3. The van der Waals surface area contributed by atoms with Crippen molar-refractivity contribution in [2.24, 2.45) is 0 Å². The molecule has 3 heterocycles. The van der Waals surface area contributed by atoms with Crippen molar-refractivity contribution in [3.8, 4) is 0 Å². The molecular formula is C13H17ClN4. The van der Waals surface area contributed by atoms with Gasteiger partial charge in [-0.25, -0.2) is 4.98 Å². The largest absolute Gasteiger partial charge is 0.376 e. The van der Waals surface area contributed by atoms with Gasteiger partial charge < -0.3 is 10.2 Å². The molecule has 0 aromatic carbocycles. The molecule has 18 heavy (non-hydrogen) atoms. The highest BCUT2D eigenvalue weighted by atomic mass is 35.5. The first-order valence-electron chi connectivity index (χ1n) is 6.25. The maximum atomic E-state index is 6.32. The monoisotopic (exact) mass is 264 g/mol. The van der Waals surface area contributed by atoms with Crippen molar-refractivity contribution in [1.82, 2.24) is 14.7 Å². The Morgan fingerprint density at radius 2 is 2.33 bits per heavy atom. The van der Waals surface area contributed by atoms with Crippen LogP contribution in [-0.4, -0.2) is 30.0 Å². The van der Waals surface area contributed by atoms with Gasteiger partial charge in [0, 0.05) is 20.3 Å². The van der Waals surface area contributed by atoms with E-state index in [2.05, 4.69) is 25.7 Å². The van der Waals surface area contributed by atoms with Gasteiger partial charge in [0.1, 0.15) is 11.3 Å². The maximum absolute atomic E-state index is 6.32. The van der Waals surface area contributed by atoms with Crippen LogP contribution in [0.3, 0.4) is 0 Å². The molecule has 0 bridgehead atoms. The Kier molecular flexibility index (Phi) is 2.92. The molecule has 0 amide bonds. The molecule has 3 rings (SSSR count). The second-order valence-electron chi connectivity index (χ2n) is 4.92. The van der Waals surface area contributed by atoms with E-state index in [9.17, 15) is 0 Å². The second-order valence-corrected chi connectivity index (χ2v) is 5.27. The van der Waals surface area contributed by atoms with Crippen LogP contribution in [0.1, 0.15) is 24.7 Å². The molecule has 1 atom stereocenters. The van der Waals surface area contributed by atoms with Crippen LogP contribution in [0.5, 0.6) is 0 Å². The lowest BCUT2D eigenvalue weighted by molar-refractivity contribution is 0.602. The number of imidazole rings is 1. The number of hydrogen-bond acceptors (Lipinski definition) is 3. The van der Waals surface area contributed by atoms with Gasteiger partial charge in [0.25, 0.3) is 0 Å². The lowest BCUT2D eigenvalue weighted by Gasteiger charge is -2.15. The van der Waals surface area contributed by atoms with Gasteiger partial charge in [-0.15, -0.1) is 0 Å². The predicted octanol–water partition coefficient (Wildman–Crippen LogP) is 2.48. The fourth-order valence-electron chi connectivity index (χ4n) is 2.61. The van der Waals surface area contributed by atoms with E-state index in [-0.39, 0.29) is 0 Å². The van der Waals surface area contributed by atoms with E-state index in [1.54, 1.807) is 0 Å². The van der Waals surface area contributed by atoms with Gasteiger partial charge in [0.15, 0.2) is 5.15 Å². The third kappa shape index (κ3) is 1.76. The summed E-state index contributed by atoms with van der Waals surface area (Å²) < 4.78 is 2.11. The van der Waals surface area contributed by atoms with Gasteiger partial charge in [0.2, 0.25) is 0 Å². The Morgan fingerprint density at radius 3 is 3.00 bits per heavy atom. The zero-order valence-electron chi connectivity index (χ0n) is 10.7. The Hall–Kier alpha value is -1.26. The summed E-state index contributed by atoms with van der Waals surface area (Å²) in [5.74, 6) is 1.02. The first-order valence-corrected chi connectivity index (χ1v) is 6.63. The van der Waals surface area contributed by atoms with Gasteiger partial charge in [-0.2, -0.15) is 0 Å². The first-order chi connectivity index (χ1) is 8.68. The SMILES string of the molecule is CN(C)c1cccn2c(C3CCCN3)nc(Cl)c12. The summed E-state index contributed by atoms with van der Waals surface area (Å²) in [7, 11) is 4.04. The molecule has 4 nitrogen and oxygen atoms in total. The summed E-state index contributed by atoms with van der Waals surface area (Å²) in [6, 6.07) is 4.43. The summed E-state index contributed by atoms with van der Waals surface area (Å²) in [6.07, 6.45) is 4.36. The third-order valence-corrected chi connectivity index (χ3v) is 3.75. The molecule has 1 aliphatic rings. The Morgan fingerprint density at radius 1 is 1.50 bits per heavy atom. The molecular weight excluding hydrogens is 248 g/mol. The fraction of sp³-hybridized carbons (Fsp3) is 0.462. The molecule has 1 N–H and O–H groups in total. The van der Waals surface area contributed by atoms with Crippen LogP contribution in [0.2, 0.25) is 5.15 Å². The summed E-state index contributed by atoms with van der Waals surface area (Å²) in [5, 5.41) is 4.06. The van der Waals surface area contributed by atoms with Crippen LogP contribution >= 0.6 is 11.6 Å². The summed E-state index contributed by atoms with van der Waals surface area (Å²) in [4.78, 5) is 6.62. The fourth-order valence-corrected chi connectivity index (χ4v) is 2.89. The molecule has 1 unspecified atom stereocenters. The van der Waals surface area contributed by atoms with Crippen LogP contribution < -0.4 is 10.2 Å². The summed E-state index contributed by atoms with van der Waals surface area (Å²) in [6.45, 7) is 1.06. The van der Waals surface area contributed by atoms with Gasteiger partial charge in [-0.05, 0) is 31.5 Å². The molecule has 2 aromatic heterocycles. The van der Waals surface area contributed by atoms with E-state index in [1.165, 1.54) is 6.42 Å². The minimum absolute atomic E-state index is 0.322. The Labute approximate surface area is 112 Å². The van der Waals surface area contributed by atoms with Gasteiger partial charge in [-0.3, -0.25) is 4.40 Å². The van der Waals surface area contributed by atoms with E-state index in [4.69, 9.17) is 11.6 Å². The van der Waals surface area contributed by atoms with Crippen molar-refractivity contribution < 1.29 is 0 Å². The van der Waals surface area contributed by atoms with Gasteiger partial charge in [-0.1, -0.05) is 11.6 Å². The van der Waals surface area contributed by atoms with Crippen molar-refractivity contribution >= 4 is 22.8 Å². The van der Waals surface area contributed by atoms with Crippen LogP contribution in [0.25, 0.3) is 5.52 Å². The number of nitrogens with one attached hydrogen (secondary N) is 1. The number of pyridine rings is 1. The molecule has 1 saturated heterocycles. The Bertz CT molecular complexity index is 570. The number of fused-ring (bicyclic) bond motifs is 1. The van der Waals surface area contributed by atoms with Crippen LogP contribution in [0.4, 0.5) is 5.69 Å². The van der Waals surface area contributed by atoms with Crippen molar-refractivity contribution in [1.29, 1.82) is 0 Å². The second kappa shape index (κ2) is 4.44.